The normalized spacial score (nSPS) is 20.2. The minimum atomic E-state index is 0.438. The van der Waals surface area contributed by atoms with Crippen molar-refractivity contribution in [2.24, 2.45) is 0 Å². The molecule has 0 saturated carbocycles. The maximum absolute atomic E-state index is 4.72. The summed E-state index contributed by atoms with van der Waals surface area (Å²) in [5, 5.41) is 3.26. The maximum Gasteiger partial charge on any atom is 0.147 e. The molecule has 4 nitrogen and oxygen atoms in total. The Morgan fingerprint density at radius 2 is 2.29 bits per heavy atom. The van der Waals surface area contributed by atoms with Crippen molar-refractivity contribution in [3.8, 4) is 0 Å². The van der Waals surface area contributed by atoms with Crippen molar-refractivity contribution in [2.75, 3.05) is 25.0 Å². The summed E-state index contributed by atoms with van der Waals surface area (Å²) in [4.78, 5) is 11.4. The van der Waals surface area contributed by atoms with Gasteiger partial charge in [0.25, 0.3) is 0 Å². The van der Waals surface area contributed by atoms with Gasteiger partial charge in [-0.1, -0.05) is 13.8 Å². The first-order valence-corrected chi connectivity index (χ1v) is 6.45. The first kappa shape index (κ1) is 12.3. The summed E-state index contributed by atoms with van der Waals surface area (Å²) in [6.07, 6.45) is 6.26. The van der Waals surface area contributed by atoms with Gasteiger partial charge in [0.15, 0.2) is 0 Å². The molecular formula is C13H22N4. The van der Waals surface area contributed by atoms with Gasteiger partial charge >= 0.3 is 0 Å². The minimum absolute atomic E-state index is 0.438. The maximum atomic E-state index is 4.72. The molecule has 94 valence electrons. The second-order valence-corrected chi connectivity index (χ2v) is 5.00. The molecule has 0 spiro atoms. The number of likely N-dealkylation sites (N-methyl/N-ethyl adjacent to an activating group) is 1. The van der Waals surface area contributed by atoms with E-state index in [9.17, 15) is 0 Å². The Balaban J connectivity index is 2.18. The number of nitrogens with one attached hydrogen (secondary N) is 1. The van der Waals surface area contributed by atoms with Crippen LogP contribution >= 0.6 is 0 Å². The molecule has 1 atom stereocenters. The van der Waals surface area contributed by atoms with E-state index in [2.05, 4.69) is 29.0 Å². The van der Waals surface area contributed by atoms with E-state index in [0.717, 1.165) is 24.6 Å². The molecule has 1 N–H and O–H groups in total. The Morgan fingerprint density at radius 1 is 1.47 bits per heavy atom. The summed E-state index contributed by atoms with van der Waals surface area (Å²) in [5.74, 6) is 1.47. The standard InChI is InChI=1S/C13H22N4/c1-10(2)12-8-15-9-13(16-12)17-6-4-5-11(17)7-14-3/h8-11,14H,4-7H2,1-3H3/t11-/m1/s1. The number of nitrogens with zero attached hydrogens (tertiary/aromatic N) is 3. The molecule has 0 aromatic carbocycles. The van der Waals surface area contributed by atoms with Crippen LogP contribution in [0.5, 0.6) is 0 Å². The van der Waals surface area contributed by atoms with E-state index in [1.165, 1.54) is 12.8 Å². The second-order valence-electron chi connectivity index (χ2n) is 5.00. The van der Waals surface area contributed by atoms with E-state index in [1.54, 1.807) is 0 Å². The van der Waals surface area contributed by atoms with Crippen molar-refractivity contribution in [1.82, 2.24) is 15.3 Å². The summed E-state index contributed by atoms with van der Waals surface area (Å²) in [6.45, 7) is 6.43. The predicted molar refractivity (Wildman–Crippen MR) is 70.4 cm³/mol. The van der Waals surface area contributed by atoms with Gasteiger partial charge in [-0.05, 0) is 25.8 Å². The van der Waals surface area contributed by atoms with Crippen LogP contribution in [-0.4, -0.2) is 36.1 Å². The Hall–Kier alpha value is -1.16. The van der Waals surface area contributed by atoms with Crippen LogP contribution < -0.4 is 10.2 Å². The van der Waals surface area contributed by atoms with Crippen LogP contribution in [0, 0.1) is 0 Å². The molecule has 0 amide bonds. The average Bonchev–Trinajstić information content (AvgIpc) is 2.78. The third-order valence-electron chi connectivity index (χ3n) is 3.34. The molecule has 2 heterocycles. The molecule has 17 heavy (non-hydrogen) atoms. The monoisotopic (exact) mass is 234 g/mol. The van der Waals surface area contributed by atoms with Gasteiger partial charge in [-0.25, -0.2) is 4.98 Å². The van der Waals surface area contributed by atoms with E-state index in [0.29, 0.717) is 12.0 Å². The predicted octanol–water partition coefficient (Wildman–Crippen LogP) is 1.79. The lowest BCUT2D eigenvalue weighted by molar-refractivity contribution is 0.609. The average molecular weight is 234 g/mol. The van der Waals surface area contributed by atoms with Gasteiger partial charge < -0.3 is 10.2 Å². The van der Waals surface area contributed by atoms with Gasteiger partial charge in [0.05, 0.1) is 11.9 Å². The smallest absolute Gasteiger partial charge is 0.147 e. The third-order valence-corrected chi connectivity index (χ3v) is 3.34. The number of aromatic nitrogens is 2. The molecule has 2 rings (SSSR count). The zero-order chi connectivity index (χ0) is 12.3. The highest BCUT2D eigenvalue weighted by atomic mass is 15.2. The van der Waals surface area contributed by atoms with E-state index in [4.69, 9.17) is 4.98 Å². The van der Waals surface area contributed by atoms with Crippen molar-refractivity contribution in [1.29, 1.82) is 0 Å². The largest absolute Gasteiger partial charge is 0.351 e. The quantitative estimate of drug-likeness (QED) is 0.862. The van der Waals surface area contributed by atoms with Gasteiger partial charge in [0.2, 0.25) is 0 Å². The molecule has 1 aliphatic rings. The van der Waals surface area contributed by atoms with Gasteiger partial charge in [-0.3, -0.25) is 4.98 Å². The van der Waals surface area contributed by atoms with Crippen LogP contribution in [0.15, 0.2) is 12.4 Å². The van der Waals surface area contributed by atoms with Crippen molar-refractivity contribution < 1.29 is 0 Å². The van der Waals surface area contributed by atoms with E-state index in [1.807, 2.05) is 19.4 Å². The minimum Gasteiger partial charge on any atom is -0.351 e. The van der Waals surface area contributed by atoms with Crippen LogP contribution in [0.25, 0.3) is 0 Å². The topological polar surface area (TPSA) is 41.0 Å². The molecule has 0 aliphatic carbocycles. The van der Waals surface area contributed by atoms with E-state index < -0.39 is 0 Å². The second kappa shape index (κ2) is 5.45. The molecule has 1 aromatic heterocycles. The Morgan fingerprint density at radius 3 is 3.00 bits per heavy atom. The highest BCUT2D eigenvalue weighted by molar-refractivity contribution is 5.39. The van der Waals surface area contributed by atoms with Gasteiger partial charge in [0, 0.05) is 25.3 Å². The molecule has 1 aliphatic heterocycles. The van der Waals surface area contributed by atoms with Gasteiger partial charge in [-0.15, -0.1) is 0 Å². The fourth-order valence-corrected chi connectivity index (χ4v) is 2.37. The lowest BCUT2D eigenvalue weighted by Gasteiger charge is -2.25. The summed E-state index contributed by atoms with van der Waals surface area (Å²) in [7, 11) is 2.01. The fraction of sp³-hybridized carbons (Fsp3) is 0.692. The van der Waals surface area contributed by atoms with Gasteiger partial charge in [0.1, 0.15) is 5.82 Å². The number of anilines is 1. The lowest BCUT2D eigenvalue weighted by atomic mass is 10.1. The first-order valence-electron chi connectivity index (χ1n) is 6.45. The molecule has 1 aromatic rings. The zero-order valence-corrected chi connectivity index (χ0v) is 11.0. The Labute approximate surface area is 103 Å². The third kappa shape index (κ3) is 2.75. The van der Waals surface area contributed by atoms with Crippen LogP contribution in [-0.2, 0) is 0 Å². The van der Waals surface area contributed by atoms with Crippen molar-refractivity contribution in [3.63, 3.8) is 0 Å². The van der Waals surface area contributed by atoms with Crippen LogP contribution in [0.4, 0.5) is 5.82 Å². The van der Waals surface area contributed by atoms with Crippen molar-refractivity contribution in [3.05, 3.63) is 18.1 Å². The summed E-state index contributed by atoms with van der Waals surface area (Å²) >= 11 is 0. The SMILES string of the molecule is CNC[C@H]1CCCN1c1cncc(C(C)C)n1. The van der Waals surface area contributed by atoms with Crippen LogP contribution in [0.2, 0.25) is 0 Å². The van der Waals surface area contributed by atoms with Crippen molar-refractivity contribution >= 4 is 5.82 Å². The Bertz CT molecular complexity index is 364. The van der Waals surface area contributed by atoms with Crippen LogP contribution in [0.1, 0.15) is 38.3 Å². The van der Waals surface area contributed by atoms with E-state index >= 15 is 0 Å². The molecule has 0 bridgehead atoms. The summed E-state index contributed by atoms with van der Waals surface area (Å²) in [5.41, 5.74) is 1.08. The molecule has 0 unspecified atom stereocenters. The zero-order valence-electron chi connectivity index (χ0n) is 11.0. The molecular weight excluding hydrogens is 212 g/mol. The highest BCUT2D eigenvalue weighted by Gasteiger charge is 2.25. The fourth-order valence-electron chi connectivity index (χ4n) is 2.37. The van der Waals surface area contributed by atoms with Crippen molar-refractivity contribution in [2.45, 2.75) is 38.6 Å². The van der Waals surface area contributed by atoms with E-state index in [-0.39, 0.29) is 0 Å². The number of hydrogen-bond acceptors (Lipinski definition) is 4. The number of hydrogen-bond donors (Lipinski definition) is 1. The summed E-state index contributed by atoms with van der Waals surface area (Å²) in [6, 6.07) is 0.566. The van der Waals surface area contributed by atoms with Gasteiger partial charge in [-0.2, -0.15) is 0 Å². The number of rotatable bonds is 4. The van der Waals surface area contributed by atoms with Crippen LogP contribution in [0.3, 0.4) is 0 Å². The lowest BCUT2D eigenvalue weighted by Crippen LogP contribution is -2.37. The summed E-state index contributed by atoms with van der Waals surface area (Å²) < 4.78 is 0. The first-order chi connectivity index (χ1) is 8.22. The molecule has 1 fully saturated rings. The highest BCUT2D eigenvalue weighted by Crippen LogP contribution is 2.24. The Kier molecular flexibility index (Phi) is 3.94. The molecule has 0 radical (unpaired) electrons. The molecule has 4 heteroatoms. The molecule has 1 saturated heterocycles.